The van der Waals surface area contributed by atoms with Gasteiger partial charge in [0.05, 0.1) is 0 Å². The van der Waals surface area contributed by atoms with Crippen LogP contribution in [0.1, 0.15) is 51.0 Å². The summed E-state index contributed by atoms with van der Waals surface area (Å²) in [5, 5.41) is 0. The average Bonchev–Trinajstić information content (AvgIpc) is 2.49. The highest BCUT2D eigenvalue weighted by Crippen LogP contribution is 2.31. The predicted octanol–water partition coefficient (Wildman–Crippen LogP) is 5.48. The predicted molar refractivity (Wildman–Crippen MR) is 82.7 cm³/mol. The summed E-state index contributed by atoms with van der Waals surface area (Å²) in [6.45, 7) is 2.25. The van der Waals surface area contributed by atoms with Crippen molar-refractivity contribution in [2.24, 2.45) is 11.8 Å². The Morgan fingerprint density at radius 2 is 1.90 bits per heavy atom. The van der Waals surface area contributed by atoms with Crippen molar-refractivity contribution in [3.63, 3.8) is 0 Å². The molecule has 0 atom stereocenters. The summed E-state index contributed by atoms with van der Waals surface area (Å²) in [7, 11) is 0. The molecule has 0 heterocycles. The second-order valence-corrected chi connectivity index (χ2v) is 5.83. The van der Waals surface area contributed by atoms with Crippen LogP contribution >= 0.6 is 0 Å². The van der Waals surface area contributed by atoms with Crippen LogP contribution < -0.4 is 0 Å². The summed E-state index contributed by atoms with van der Waals surface area (Å²) in [5.41, 5.74) is 0.505. The van der Waals surface area contributed by atoms with Gasteiger partial charge in [0, 0.05) is 5.56 Å². The van der Waals surface area contributed by atoms with Crippen molar-refractivity contribution in [2.45, 2.75) is 45.4 Å². The molecule has 1 saturated carbocycles. The van der Waals surface area contributed by atoms with Crippen molar-refractivity contribution in [3.8, 4) is 11.8 Å². The Kier molecular flexibility index (Phi) is 5.99. The number of benzene rings is 1. The molecule has 21 heavy (non-hydrogen) atoms. The van der Waals surface area contributed by atoms with Crippen LogP contribution in [0.25, 0.3) is 0 Å². The molecule has 2 heteroatoms. The summed E-state index contributed by atoms with van der Waals surface area (Å²) in [5.74, 6) is 5.60. The molecule has 0 unspecified atom stereocenters. The molecule has 2 rings (SSSR count). The lowest BCUT2D eigenvalue weighted by atomic mass is 9.80. The molecule has 1 aromatic carbocycles. The van der Waals surface area contributed by atoms with E-state index in [0.29, 0.717) is 11.5 Å². The van der Waals surface area contributed by atoms with Crippen LogP contribution in [0.15, 0.2) is 30.4 Å². The van der Waals surface area contributed by atoms with E-state index in [4.69, 9.17) is 0 Å². The van der Waals surface area contributed by atoms with Crippen LogP contribution in [0.2, 0.25) is 0 Å². The van der Waals surface area contributed by atoms with Gasteiger partial charge in [-0.05, 0) is 61.8 Å². The fourth-order valence-corrected chi connectivity index (χ4v) is 2.96. The van der Waals surface area contributed by atoms with E-state index < -0.39 is 11.6 Å². The molecule has 0 bridgehead atoms. The van der Waals surface area contributed by atoms with Crippen molar-refractivity contribution >= 4 is 0 Å². The van der Waals surface area contributed by atoms with Crippen LogP contribution in [0, 0.1) is 35.3 Å². The van der Waals surface area contributed by atoms with Gasteiger partial charge in [-0.2, -0.15) is 0 Å². The highest BCUT2D eigenvalue weighted by Gasteiger charge is 2.18. The van der Waals surface area contributed by atoms with Gasteiger partial charge >= 0.3 is 0 Å². The van der Waals surface area contributed by atoms with E-state index in [-0.39, 0.29) is 0 Å². The Morgan fingerprint density at radius 1 is 1.14 bits per heavy atom. The van der Waals surface area contributed by atoms with Crippen molar-refractivity contribution < 1.29 is 8.78 Å². The molecule has 0 nitrogen and oxygen atoms in total. The molecule has 1 aromatic rings. The molecule has 0 spiro atoms. The quantitative estimate of drug-likeness (QED) is 0.646. The molecule has 1 fully saturated rings. The normalized spacial score (nSPS) is 22.0. The second-order valence-electron chi connectivity index (χ2n) is 5.83. The van der Waals surface area contributed by atoms with E-state index >= 15 is 0 Å². The van der Waals surface area contributed by atoms with Gasteiger partial charge in [0.15, 0.2) is 11.6 Å². The summed E-state index contributed by atoms with van der Waals surface area (Å²) in [6, 6.07) is 3.74. The maximum atomic E-state index is 13.0. The molecular weight excluding hydrogens is 266 g/mol. The fraction of sp³-hybridized carbons (Fsp3) is 0.474. The van der Waals surface area contributed by atoms with Crippen molar-refractivity contribution in [1.82, 2.24) is 0 Å². The number of rotatable bonds is 3. The first-order chi connectivity index (χ1) is 10.2. The monoisotopic (exact) mass is 288 g/mol. The van der Waals surface area contributed by atoms with Gasteiger partial charge < -0.3 is 0 Å². The van der Waals surface area contributed by atoms with E-state index in [1.807, 2.05) is 6.08 Å². The average molecular weight is 288 g/mol. The number of hydrogen-bond donors (Lipinski definition) is 0. The standard InChI is InChI=1S/C19H22F2/c1-2-5-15-8-10-16(11-9-15)6-3-4-7-17-12-13-18(20)19(21)14-17/h3,6,12-16H,2,5,8-11H2,1H3/b6-3+. The Bertz CT molecular complexity index is 540. The summed E-state index contributed by atoms with van der Waals surface area (Å²) in [4.78, 5) is 0. The van der Waals surface area contributed by atoms with E-state index in [1.165, 1.54) is 44.6 Å². The third kappa shape index (κ3) is 5.01. The topological polar surface area (TPSA) is 0 Å². The molecule has 0 N–H and O–H groups in total. The molecule has 0 saturated heterocycles. The molecule has 1 aliphatic carbocycles. The van der Waals surface area contributed by atoms with Gasteiger partial charge in [-0.25, -0.2) is 8.78 Å². The molecule has 1 aliphatic rings. The van der Waals surface area contributed by atoms with Crippen molar-refractivity contribution in [3.05, 3.63) is 47.5 Å². The van der Waals surface area contributed by atoms with Gasteiger partial charge in [0.2, 0.25) is 0 Å². The molecule has 0 radical (unpaired) electrons. The van der Waals surface area contributed by atoms with Crippen LogP contribution in [0.4, 0.5) is 8.78 Å². The lowest BCUT2D eigenvalue weighted by Crippen LogP contribution is -2.12. The molecule has 0 aliphatic heterocycles. The van der Waals surface area contributed by atoms with Crippen LogP contribution in [-0.4, -0.2) is 0 Å². The Balaban J connectivity index is 1.83. The summed E-state index contributed by atoms with van der Waals surface area (Å²) >= 11 is 0. The van der Waals surface area contributed by atoms with Crippen LogP contribution in [0.5, 0.6) is 0 Å². The third-order valence-corrected chi connectivity index (χ3v) is 4.18. The van der Waals surface area contributed by atoms with Gasteiger partial charge in [-0.3, -0.25) is 0 Å². The Hall–Kier alpha value is -1.62. The summed E-state index contributed by atoms with van der Waals surface area (Å²) < 4.78 is 25.8. The smallest absolute Gasteiger partial charge is 0.160 e. The number of hydrogen-bond acceptors (Lipinski definition) is 0. The minimum atomic E-state index is -0.847. The van der Waals surface area contributed by atoms with Gasteiger partial charge in [-0.1, -0.05) is 37.7 Å². The highest BCUT2D eigenvalue weighted by atomic mass is 19.2. The minimum absolute atomic E-state index is 0.505. The molecular formula is C19H22F2. The van der Waals surface area contributed by atoms with Crippen molar-refractivity contribution in [1.29, 1.82) is 0 Å². The van der Waals surface area contributed by atoms with Gasteiger partial charge in [0.25, 0.3) is 0 Å². The highest BCUT2D eigenvalue weighted by molar-refractivity contribution is 5.37. The maximum absolute atomic E-state index is 13.0. The van der Waals surface area contributed by atoms with E-state index in [1.54, 1.807) is 0 Å². The lowest BCUT2D eigenvalue weighted by Gasteiger charge is -2.26. The van der Waals surface area contributed by atoms with Crippen LogP contribution in [0.3, 0.4) is 0 Å². The van der Waals surface area contributed by atoms with Gasteiger partial charge in [0.1, 0.15) is 0 Å². The molecule has 0 amide bonds. The molecule has 0 aromatic heterocycles. The Morgan fingerprint density at radius 3 is 2.57 bits per heavy atom. The molecule has 112 valence electrons. The first-order valence-electron chi connectivity index (χ1n) is 7.82. The first-order valence-corrected chi connectivity index (χ1v) is 7.82. The first kappa shape index (κ1) is 15.8. The summed E-state index contributed by atoms with van der Waals surface area (Å²) in [6.07, 6.45) is 11.8. The largest absolute Gasteiger partial charge is 0.204 e. The fourth-order valence-electron chi connectivity index (χ4n) is 2.96. The zero-order valence-corrected chi connectivity index (χ0v) is 12.5. The second kappa shape index (κ2) is 7.98. The Labute approximate surface area is 126 Å². The maximum Gasteiger partial charge on any atom is 0.160 e. The van der Waals surface area contributed by atoms with Gasteiger partial charge in [-0.15, -0.1) is 0 Å². The number of halogens is 2. The SMILES string of the molecule is CCCC1CCC(/C=C/C#Cc2ccc(F)c(F)c2)CC1. The zero-order chi connectivity index (χ0) is 15.1. The van der Waals surface area contributed by atoms with E-state index in [9.17, 15) is 8.78 Å². The lowest BCUT2D eigenvalue weighted by molar-refractivity contribution is 0.294. The third-order valence-electron chi connectivity index (χ3n) is 4.18. The van der Waals surface area contributed by atoms with E-state index in [2.05, 4.69) is 24.8 Å². The van der Waals surface area contributed by atoms with Crippen LogP contribution in [-0.2, 0) is 0 Å². The number of allylic oxidation sites excluding steroid dienone is 2. The van der Waals surface area contributed by atoms with Crippen molar-refractivity contribution in [2.75, 3.05) is 0 Å². The zero-order valence-electron chi connectivity index (χ0n) is 12.5. The van der Waals surface area contributed by atoms with E-state index in [0.717, 1.165) is 18.1 Å². The minimum Gasteiger partial charge on any atom is -0.204 e.